The van der Waals surface area contributed by atoms with Crippen LogP contribution < -0.4 is 11.1 Å². The van der Waals surface area contributed by atoms with E-state index >= 15 is 0 Å². The summed E-state index contributed by atoms with van der Waals surface area (Å²) in [6, 6.07) is -0.621. The van der Waals surface area contributed by atoms with Crippen LogP contribution in [0, 0.1) is 5.92 Å². The summed E-state index contributed by atoms with van der Waals surface area (Å²) in [5.41, 5.74) is 5.04. The van der Waals surface area contributed by atoms with Crippen LogP contribution in [-0.4, -0.2) is 29.1 Å². The Kier molecular flexibility index (Phi) is 4.08. The van der Waals surface area contributed by atoms with Crippen molar-refractivity contribution >= 4 is 11.8 Å². The third-order valence-corrected chi connectivity index (χ3v) is 2.85. The zero-order valence-corrected chi connectivity index (χ0v) is 8.90. The normalized spacial score (nSPS) is 28.1. The van der Waals surface area contributed by atoms with Crippen LogP contribution in [0.3, 0.4) is 0 Å². The molecule has 86 valence electrons. The van der Waals surface area contributed by atoms with Gasteiger partial charge in [-0.1, -0.05) is 0 Å². The number of nitrogens with one attached hydrogen (secondary N) is 1. The van der Waals surface area contributed by atoms with Gasteiger partial charge in [0.15, 0.2) is 0 Å². The predicted octanol–water partition coefficient (Wildman–Crippen LogP) is -0.472. The second kappa shape index (κ2) is 5.11. The van der Waals surface area contributed by atoms with Crippen molar-refractivity contribution in [1.82, 2.24) is 5.32 Å². The zero-order chi connectivity index (χ0) is 11.4. The van der Waals surface area contributed by atoms with Crippen LogP contribution in [0.4, 0.5) is 0 Å². The predicted molar refractivity (Wildman–Crippen MR) is 54.8 cm³/mol. The molecule has 0 aromatic rings. The molecule has 0 aromatic carbocycles. The maximum atomic E-state index is 11.6. The average molecular weight is 214 g/mol. The van der Waals surface area contributed by atoms with Gasteiger partial charge in [0.1, 0.15) is 6.04 Å². The quantitative estimate of drug-likeness (QED) is 0.593. The Morgan fingerprint density at radius 1 is 1.33 bits per heavy atom. The minimum absolute atomic E-state index is 0.0878. The van der Waals surface area contributed by atoms with E-state index in [0.29, 0.717) is 25.7 Å². The van der Waals surface area contributed by atoms with Crippen molar-refractivity contribution in [2.75, 3.05) is 0 Å². The van der Waals surface area contributed by atoms with Gasteiger partial charge in [-0.3, -0.25) is 9.59 Å². The topological polar surface area (TPSA) is 92.4 Å². The molecule has 0 unspecified atom stereocenters. The number of amides is 2. The van der Waals surface area contributed by atoms with Gasteiger partial charge in [0.2, 0.25) is 11.8 Å². The Balaban J connectivity index is 2.37. The van der Waals surface area contributed by atoms with Crippen LogP contribution in [0.1, 0.15) is 32.6 Å². The third-order valence-electron chi connectivity index (χ3n) is 2.85. The molecule has 0 radical (unpaired) electrons. The highest BCUT2D eigenvalue weighted by molar-refractivity contribution is 5.87. The second-order valence-electron chi connectivity index (χ2n) is 4.14. The first-order valence-corrected chi connectivity index (χ1v) is 5.28. The Morgan fingerprint density at radius 2 is 1.87 bits per heavy atom. The fraction of sp³-hybridized carbons (Fsp3) is 0.800. The molecule has 5 heteroatoms. The lowest BCUT2D eigenvalue weighted by Crippen LogP contribution is -2.45. The summed E-state index contributed by atoms with van der Waals surface area (Å²) >= 11 is 0. The minimum Gasteiger partial charge on any atom is -0.393 e. The van der Waals surface area contributed by atoms with Gasteiger partial charge in [-0.2, -0.15) is 0 Å². The van der Waals surface area contributed by atoms with Crippen molar-refractivity contribution in [3.05, 3.63) is 0 Å². The van der Waals surface area contributed by atoms with Crippen LogP contribution in [0.2, 0.25) is 0 Å². The lowest BCUT2D eigenvalue weighted by atomic mass is 9.87. The smallest absolute Gasteiger partial charge is 0.239 e. The van der Waals surface area contributed by atoms with Crippen molar-refractivity contribution in [2.45, 2.75) is 44.8 Å². The molecule has 1 aliphatic rings. The number of rotatable bonds is 3. The standard InChI is InChI=1S/C10H18N2O3/c1-6(9(11)14)12-10(15)7-2-4-8(13)5-3-7/h6-8,13H,2-5H2,1H3,(H2,11,14)(H,12,15)/t6-,7?,8?/m1/s1. The average Bonchev–Trinajstić information content (AvgIpc) is 2.18. The highest BCUT2D eigenvalue weighted by Crippen LogP contribution is 2.24. The fourth-order valence-corrected chi connectivity index (χ4v) is 1.74. The first kappa shape index (κ1) is 12.0. The first-order valence-electron chi connectivity index (χ1n) is 5.28. The molecule has 0 bridgehead atoms. The highest BCUT2D eigenvalue weighted by Gasteiger charge is 2.26. The molecule has 1 aliphatic carbocycles. The van der Waals surface area contributed by atoms with E-state index in [1.807, 2.05) is 0 Å². The molecule has 0 aliphatic heterocycles. The number of hydrogen-bond donors (Lipinski definition) is 3. The van der Waals surface area contributed by atoms with Gasteiger partial charge < -0.3 is 16.2 Å². The highest BCUT2D eigenvalue weighted by atomic mass is 16.3. The molecule has 0 aromatic heterocycles. The molecule has 4 N–H and O–H groups in total. The summed E-state index contributed by atoms with van der Waals surface area (Å²) in [5.74, 6) is -0.748. The molecule has 5 nitrogen and oxygen atoms in total. The minimum atomic E-state index is -0.621. The maximum absolute atomic E-state index is 11.6. The van der Waals surface area contributed by atoms with E-state index in [-0.39, 0.29) is 17.9 Å². The summed E-state index contributed by atoms with van der Waals surface area (Å²) in [7, 11) is 0. The van der Waals surface area contributed by atoms with Crippen LogP contribution in [0.25, 0.3) is 0 Å². The van der Waals surface area contributed by atoms with E-state index in [2.05, 4.69) is 5.32 Å². The van der Waals surface area contributed by atoms with E-state index in [9.17, 15) is 14.7 Å². The van der Waals surface area contributed by atoms with Crippen LogP contribution >= 0.6 is 0 Å². The van der Waals surface area contributed by atoms with Gasteiger partial charge in [0.25, 0.3) is 0 Å². The molecular weight excluding hydrogens is 196 g/mol. The van der Waals surface area contributed by atoms with Gasteiger partial charge in [-0.05, 0) is 32.6 Å². The zero-order valence-electron chi connectivity index (χ0n) is 8.90. The largest absolute Gasteiger partial charge is 0.393 e. The monoisotopic (exact) mass is 214 g/mol. The molecule has 0 heterocycles. The lowest BCUT2D eigenvalue weighted by molar-refractivity contribution is -0.130. The maximum Gasteiger partial charge on any atom is 0.239 e. The number of carbonyl (C=O) groups is 2. The summed E-state index contributed by atoms with van der Waals surface area (Å²) in [5, 5.41) is 11.8. The van der Waals surface area contributed by atoms with Gasteiger partial charge >= 0.3 is 0 Å². The molecule has 15 heavy (non-hydrogen) atoms. The van der Waals surface area contributed by atoms with Crippen molar-refractivity contribution < 1.29 is 14.7 Å². The van der Waals surface area contributed by atoms with E-state index in [4.69, 9.17) is 5.73 Å². The van der Waals surface area contributed by atoms with E-state index in [1.54, 1.807) is 6.92 Å². The second-order valence-corrected chi connectivity index (χ2v) is 4.14. The molecule has 2 amide bonds. The molecule has 1 rings (SSSR count). The van der Waals surface area contributed by atoms with Gasteiger partial charge in [0, 0.05) is 5.92 Å². The van der Waals surface area contributed by atoms with E-state index in [0.717, 1.165) is 0 Å². The summed E-state index contributed by atoms with van der Waals surface area (Å²) in [4.78, 5) is 22.4. The van der Waals surface area contributed by atoms with Crippen molar-refractivity contribution in [1.29, 1.82) is 0 Å². The number of nitrogens with two attached hydrogens (primary N) is 1. The number of primary amides is 1. The Morgan fingerprint density at radius 3 is 2.33 bits per heavy atom. The number of aliphatic hydroxyl groups is 1. The summed E-state index contributed by atoms with van der Waals surface area (Å²) in [6.45, 7) is 1.57. The number of hydrogen-bond acceptors (Lipinski definition) is 3. The Hall–Kier alpha value is -1.10. The Bertz CT molecular complexity index is 247. The van der Waals surface area contributed by atoms with Gasteiger partial charge in [0.05, 0.1) is 6.10 Å². The fourth-order valence-electron chi connectivity index (χ4n) is 1.74. The van der Waals surface area contributed by atoms with E-state index in [1.165, 1.54) is 0 Å². The SMILES string of the molecule is C[C@@H](NC(=O)C1CCC(O)CC1)C(N)=O. The lowest BCUT2D eigenvalue weighted by Gasteiger charge is -2.25. The summed E-state index contributed by atoms with van der Waals surface area (Å²) < 4.78 is 0. The molecular formula is C10H18N2O3. The molecule has 1 fully saturated rings. The van der Waals surface area contributed by atoms with Gasteiger partial charge in [-0.15, -0.1) is 0 Å². The van der Waals surface area contributed by atoms with Crippen molar-refractivity contribution in [3.8, 4) is 0 Å². The first-order chi connectivity index (χ1) is 7.00. The molecule has 1 atom stereocenters. The van der Waals surface area contributed by atoms with Gasteiger partial charge in [-0.25, -0.2) is 0 Å². The summed E-state index contributed by atoms with van der Waals surface area (Å²) in [6.07, 6.45) is 2.39. The van der Waals surface area contributed by atoms with Crippen molar-refractivity contribution in [2.24, 2.45) is 11.7 Å². The molecule has 0 saturated heterocycles. The molecule has 0 spiro atoms. The number of carbonyl (C=O) groups excluding carboxylic acids is 2. The van der Waals surface area contributed by atoms with Crippen LogP contribution in [0.15, 0.2) is 0 Å². The van der Waals surface area contributed by atoms with Crippen LogP contribution in [-0.2, 0) is 9.59 Å². The molecule has 1 saturated carbocycles. The van der Waals surface area contributed by atoms with Crippen molar-refractivity contribution in [3.63, 3.8) is 0 Å². The third kappa shape index (κ3) is 3.51. The Labute approximate surface area is 89.0 Å². The van der Waals surface area contributed by atoms with E-state index < -0.39 is 11.9 Å². The van der Waals surface area contributed by atoms with Crippen LogP contribution in [0.5, 0.6) is 0 Å². The number of aliphatic hydroxyl groups excluding tert-OH is 1.